The van der Waals surface area contributed by atoms with E-state index in [0.717, 1.165) is 24.5 Å². The summed E-state index contributed by atoms with van der Waals surface area (Å²) >= 11 is 0. The van der Waals surface area contributed by atoms with Crippen molar-refractivity contribution >= 4 is 11.6 Å². The van der Waals surface area contributed by atoms with Crippen LogP contribution in [-0.4, -0.2) is 24.0 Å². The molecule has 74 valence electrons. The first-order valence-corrected chi connectivity index (χ1v) is 4.70. The van der Waals surface area contributed by atoms with Gasteiger partial charge in [-0.05, 0) is 19.1 Å². The van der Waals surface area contributed by atoms with Crippen LogP contribution in [0.4, 0.5) is 5.69 Å². The molecule has 1 saturated heterocycles. The molecule has 0 aromatic carbocycles. The molecular formula is C10H13N3O. The molecule has 2 heterocycles. The van der Waals surface area contributed by atoms with E-state index in [-0.39, 0.29) is 11.8 Å². The zero-order valence-electron chi connectivity index (χ0n) is 8.08. The molecule has 1 fully saturated rings. The molecule has 14 heavy (non-hydrogen) atoms. The van der Waals surface area contributed by atoms with Crippen LogP contribution in [0, 0.1) is 12.8 Å². The van der Waals surface area contributed by atoms with Crippen molar-refractivity contribution < 1.29 is 4.79 Å². The largest absolute Gasteiger partial charge is 0.324 e. The quantitative estimate of drug-likeness (QED) is 0.717. The fourth-order valence-corrected chi connectivity index (χ4v) is 1.33. The highest BCUT2D eigenvalue weighted by Crippen LogP contribution is 2.13. The number of amides is 1. The second kappa shape index (κ2) is 3.75. The van der Waals surface area contributed by atoms with Crippen LogP contribution in [0.3, 0.4) is 0 Å². The maximum absolute atomic E-state index is 11.6. The van der Waals surface area contributed by atoms with Crippen LogP contribution in [0.15, 0.2) is 18.3 Å². The number of hydrogen-bond acceptors (Lipinski definition) is 3. The number of aryl methyl sites for hydroxylation is 1. The minimum absolute atomic E-state index is 0.0832. The maximum atomic E-state index is 11.6. The average Bonchev–Trinajstić information content (AvgIpc) is 2.05. The molecule has 2 rings (SSSR count). The first-order chi connectivity index (χ1) is 6.77. The predicted octanol–water partition coefficient (Wildman–Crippen LogP) is 0.548. The van der Waals surface area contributed by atoms with Gasteiger partial charge in [-0.2, -0.15) is 0 Å². The number of carbonyl (C=O) groups is 1. The van der Waals surface area contributed by atoms with Gasteiger partial charge in [-0.25, -0.2) is 0 Å². The standard InChI is InChI=1S/C10H13N3O/c1-7-9(3-2-4-12-7)13-10(14)8-5-11-6-8/h2-4,8,11H,5-6H2,1H3,(H,13,14). The third-order valence-corrected chi connectivity index (χ3v) is 2.42. The van der Waals surface area contributed by atoms with E-state index < -0.39 is 0 Å². The predicted molar refractivity (Wildman–Crippen MR) is 54.0 cm³/mol. The molecule has 4 heteroatoms. The van der Waals surface area contributed by atoms with Crippen LogP contribution in [0.1, 0.15) is 5.69 Å². The Kier molecular flexibility index (Phi) is 2.45. The Morgan fingerprint density at radius 3 is 3.00 bits per heavy atom. The summed E-state index contributed by atoms with van der Waals surface area (Å²) in [6, 6.07) is 3.69. The van der Waals surface area contributed by atoms with Crippen LogP contribution in [0.2, 0.25) is 0 Å². The first kappa shape index (κ1) is 9.15. The normalized spacial score (nSPS) is 16.1. The van der Waals surface area contributed by atoms with Crippen LogP contribution in [0.25, 0.3) is 0 Å². The third kappa shape index (κ3) is 1.75. The third-order valence-electron chi connectivity index (χ3n) is 2.42. The van der Waals surface area contributed by atoms with E-state index in [0.29, 0.717) is 0 Å². The number of hydrogen-bond donors (Lipinski definition) is 2. The second-order valence-corrected chi connectivity index (χ2v) is 3.48. The van der Waals surface area contributed by atoms with Crippen LogP contribution >= 0.6 is 0 Å². The molecule has 0 radical (unpaired) electrons. The molecule has 1 aromatic rings. The lowest BCUT2D eigenvalue weighted by Crippen LogP contribution is -2.48. The van der Waals surface area contributed by atoms with E-state index in [1.54, 1.807) is 6.20 Å². The van der Waals surface area contributed by atoms with E-state index >= 15 is 0 Å². The van der Waals surface area contributed by atoms with Crippen molar-refractivity contribution in [3.8, 4) is 0 Å². The highest BCUT2D eigenvalue weighted by molar-refractivity contribution is 5.93. The van der Waals surface area contributed by atoms with Crippen molar-refractivity contribution in [3.05, 3.63) is 24.0 Å². The summed E-state index contributed by atoms with van der Waals surface area (Å²) < 4.78 is 0. The number of pyridine rings is 1. The van der Waals surface area contributed by atoms with Gasteiger partial charge in [0.15, 0.2) is 0 Å². The monoisotopic (exact) mass is 191 g/mol. The molecule has 0 unspecified atom stereocenters. The molecule has 2 N–H and O–H groups in total. The molecule has 1 aromatic heterocycles. The Hall–Kier alpha value is -1.42. The van der Waals surface area contributed by atoms with Crippen molar-refractivity contribution in [2.24, 2.45) is 5.92 Å². The molecule has 1 amide bonds. The Bertz CT molecular complexity index is 347. The number of nitrogens with zero attached hydrogens (tertiary/aromatic N) is 1. The SMILES string of the molecule is Cc1ncccc1NC(=O)C1CNC1. The van der Waals surface area contributed by atoms with Gasteiger partial charge in [0.25, 0.3) is 0 Å². The first-order valence-electron chi connectivity index (χ1n) is 4.70. The topological polar surface area (TPSA) is 54.0 Å². The summed E-state index contributed by atoms with van der Waals surface area (Å²) in [5.41, 5.74) is 1.66. The zero-order valence-corrected chi connectivity index (χ0v) is 8.08. The van der Waals surface area contributed by atoms with Gasteiger partial charge < -0.3 is 10.6 Å². The van der Waals surface area contributed by atoms with E-state index in [4.69, 9.17) is 0 Å². The maximum Gasteiger partial charge on any atom is 0.230 e. The minimum Gasteiger partial charge on any atom is -0.324 e. The number of nitrogens with one attached hydrogen (secondary N) is 2. The van der Waals surface area contributed by atoms with Crippen molar-refractivity contribution in [2.45, 2.75) is 6.92 Å². The summed E-state index contributed by atoms with van der Waals surface area (Å²) in [5, 5.41) is 5.94. The van der Waals surface area contributed by atoms with Gasteiger partial charge in [0.2, 0.25) is 5.91 Å². The summed E-state index contributed by atoms with van der Waals surface area (Å²) in [4.78, 5) is 15.7. The van der Waals surface area contributed by atoms with Gasteiger partial charge in [-0.1, -0.05) is 0 Å². The Balaban J connectivity index is 2.03. The van der Waals surface area contributed by atoms with Gasteiger partial charge in [-0.15, -0.1) is 0 Å². The van der Waals surface area contributed by atoms with Gasteiger partial charge >= 0.3 is 0 Å². The molecule has 0 spiro atoms. The lowest BCUT2D eigenvalue weighted by Gasteiger charge is -2.25. The van der Waals surface area contributed by atoms with Crippen LogP contribution in [-0.2, 0) is 4.79 Å². The summed E-state index contributed by atoms with van der Waals surface area (Å²) in [5.74, 6) is 0.203. The Morgan fingerprint density at radius 2 is 2.43 bits per heavy atom. The zero-order chi connectivity index (χ0) is 9.97. The van der Waals surface area contributed by atoms with Gasteiger partial charge in [0.1, 0.15) is 0 Å². The van der Waals surface area contributed by atoms with Crippen molar-refractivity contribution in [1.82, 2.24) is 10.3 Å². The highest BCUT2D eigenvalue weighted by atomic mass is 16.2. The fourth-order valence-electron chi connectivity index (χ4n) is 1.33. The minimum atomic E-state index is 0.0832. The number of aromatic nitrogens is 1. The summed E-state index contributed by atoms with van der Waals surface area (Å²) in [6.07, 6.45) is 1.72. The van der Waals surface area contributed by atoms with Gasteiger partial charge in [-0.3, -0.25) is 9.78 Å². The van der Waals surface area contributed by atoms with E-state index in [2.05, 4.69) is 15.6 Å². The van der Waals surface area contributed by atoms with Gasteiger partial charge in [0.05, 0.1) is 17.3 Å². The Labute approximate surface area is 82.7 Å². The molecule has 0 saturated carbocycles. The highest BCUT2D eigenvalue weighted by Gasteiger charge is 2.24. The molecule has 0 bridgehead atoms. The van der Waals surface area contributed by atoms with E-state index in [1.807, 2.05) is 19.1 Å². The molecule has 4 nitrogen and oxygen atoms in total. The molecule has 0 aliphatic carbocycles. The molecule has 1 aliphatic rings. The fraction of sp³-hybridized carbons (Fsp3) is 0.400. The molecule has 0 atom stereocenters. The van der Waals surface area contributed by atoms with Crippen molar-refractivity contribution in [1.29, 1.82) is 0 Å². The van der Waals surface area contributed by atoms with Crippen LogP contribution in [0.5, 0.6) is 0 Å². The number of anilines is 1. The number of rotatable bonds is 2. The van der Waals surface area contributed by atoms with Crippen LogP contribution < -0.4 is 10.6 Å². The smallest absolute Gasteiger partial charge is 0.230 e. The molecule has 1 aliphatic heterocycles. The summed E-state index contributed by atoms with van der Waals surface area (Å²) in [7, 11) is 0. The lowest BCUT2D eigenvalue weighted by molar-refractivity contribution is -0.121. The lowest BCUT2D eigenvalue weighted by atomic mass is 10.0. The molecular weight excluding hydrogens is 178 g/mol. The number of carbonyl (C=O) groups excluding carboxylic acids is 1. The average molecular weight is 191 g/mol. The van der Waals surface area contributed by atoms with Crippen molar-refractivity contribution in [2.75, 3.05) is 18.4 Å². The van der Waals surface area contributed by atoms with E-state index in [9.17, 15) is 4.79 Å². The van der Waals surface area contributed by atoms with Crippen molar-refractivity contribution in [3.63, 3.8) is 0 Å². The Morgan fingerprint density at radius 1 is 1.64 bits per heavy atom. The van der Waals surface area contributed by atoms with E-state index in [1.165, 1.54) is 0 Å². The second-order valence-electron chi connectivity index (χ2n) is 3.48. The van der Waals surface area contributed by atoms with Gasteiger partial charge in [0, 0.05) is 19.3 Å². The summed E-state index contributed by atoms with van der Waals surface area (Å²) in [6.45, 7) is 3.45.